The van der Waals surface area contributed by atoms with Crippen LogP contribution in [-0.4, -0.2) is 71.7 Å². The molecule has 3 heterocycles. The van der Waals surface area contributed by atoms with Crippen LogP contribution in [0.2, 0.25) is 0 Å². The number of halogens is 1. The van der Waals surface area contributed by atoms with Crippen LogP contribution in [0.5, 0.6) is 5.75 Å². The number of nitrogens with zero attached hydrogens (tertiary/aromatic N) is 4. The van der Waals surface area contributed by atoms with Crippen molar-refractivity contribution in [2.24, 2.45) is 11.8 Å². The number of alkyl halides is 1. The van der Waals surface area contributed by atoms with E-state index in [0.717, 1.165) is 5.56 Å². The Balaban J connectivity index is 1.09. The van der Waals surface area contributed by atoms with Gasteiger partial charge in [-0.3, -0.25) is 24.3 Å². The number of aromatic nitrogens is 1. The normalized spacial score (nSPS) is 19.4. The summed E-state index contributed by atoms with van der Waals surface area (Å²) in [4.78, 5) is 46.9. The fraction of sp³-hybridized carbons (Fsp3) is 0.382. The van der Waals surface area contributed by atoms with Crippen molar-refractivity contribution in [3.8, 4) is 11.8 Å². The number of methoxy groups -OCH3 is 1. The number of benzene rings is 2. The summed E-state index contributed by atoms with van der Waals surface area (Å²) in [5, 5.41) is 8.95. The highest BCUT2D eigenvalue weighted by atomic mass is 19.1. The van der Waals surface area contributed by atoms with E-state index >= 15 is 4.39 Å². The SMILES string of the molecule is COc1ccc(C(=O)C2CCN(C(=O)c3ccc(C(=O)C[C@@H]4CCN(Cc5ccc(C#N)cc5)C[C@H]4F)cn3)CC2)cc1. The lowest BCUT2D eigenvalue weighted by molar-refractivity contribution is 0.0644. The lowest BCUT2D eigenvalue weighted by Gasteiger charge is -2.34. The number of ketones is 2. The maximum absolute atomic E-state index is 15.0. The van der Waals surface area contributed by atoms with Crippen molar-refractivity contribution in [1.29, 1.82) is 5.26 Å². The Hall–Kier alpha value is -4.42. The Kier molecular flexibility index (Phi) is 9.58. The van der Waals surface area contributed by atoms with Crippen LogP contribution in [-0.2, 0) is 6.54 Å². The topological polar surface area (TPSA) is 104 Å². The Labute approximate surface area is 251 Å². The summed E-state index contributed by atoms with van der Waals surface area (Å²) in [6.07, 6.45) is 2.10. The van der Waals surface area contributed by atoms with Crippen LogP contribution in [0.3, 0.4) is 0 Å². The number of nitriles is 1. The number of carbonyl (C=O) groups excluding carboxylic acids is 3. The van der Waals surface area contributed by atoms with Crippen molar-refractivity contribution in [2.45, 2.75) is 38.4 Å². The first-order chi connectivity index (χ1) is 20.8. The third-order valence-corrected chi connectivity index (χ3v) is 8.53. The molecule has 1 aromatic heterocycles. The molecule has 1 amide bonds. The van der Waals surface area contributed by atoms with Gasteiger partial charge in [0.25, 0.3) is 5.91 Å². The molecule has 2 saturated heterocycles. The Morgan fingerprint density at radius 2 is 1.65 bits per heavy atom. The number of rotatable bonds is 9. The zero-order valence-corrected chi connectivity index (χ0v) is 24.2. The number of pyridine rings is 1. The second-order valence-corrected chi connectivity index (χ2v) is 11.3. The molecule has 0 N–H and O–H groups in total. The quantitative estimate of drug-likeness (QED) is 0.322. The molecule has 0 aliphatic carbocycles. The van der Waals surface area contributed by atoms with Crippen LogP contribution < -0.4 is 4.74 Å². The summed E-state index contributed by atoms with van der Waals surface area (Å²) in [6, 6.07) is 19.6. The largest absolute Gasteiger partial charge is 0.497 e. The van der Waals surface area contributed by atoms with Crippen molar-refractivity contribution >= 4 is 17.5 Å². The van der Waals surface area contributed by atoms with Gasteiger partial charge in [0, 0.05) is 55.8 Å². The van der Waals surface area contributed by atoms with Gasteiger partial charge in [0.15, 0.2) is 11.6 Å². The van der Waals surface area contributed by atoms with E-state index in [1.165, 1.54) is 6.20 Å². The number of piperidine rings is 2. The first-order valence-electron chi connectivity index (χ1n) is 14.7. The first kappa shape index (κ1) is 30.1. The summed E-state index contributed by atoms with van der Waals surface area (Å²) < 4.78 is 20.2. The molecular formula is C34H35FN4O4. The Bertz CT molecular complexity index is 1480. The minimum absolute atomic E-state index is 0.0724. The number of hydrogen-bond acceptors (Lipinski definition) is 7. The summed E-state index contributed by atoms with van der Waals surface area (Å²) in [6.45, 7) is 2.45. The number of Topliss-reactive ketones (excluding diaryl/α,β-unsaturated/α-hetero) is 2. The third-order valence-electron chi connectivity index (χ3n) is 8.53. The maximum Gasteiger partial charge on any atom is 0.272 e. The average molecular weight is 583 g/mol. The van der Waals surface area contributed by atoms with E-state index in [2.05, 4.69) is 11.1 Å². The van der Waals surface area contributed by atoms with Crippen LogP contribution in [0.4, 0.5) is 4.39 Å². The van der Waals surface area contributed by atoms with Gasteiger partial charge in [-0.05, 0) is 85.8 Å². The van der Waals surface area contributed by atoms with E-state index < -0.39 is 6.17 Å². The van der Waals surface area contributed by atoms with Gasteiger partial charge < -0.3 is 9.64 Å². The monoisotopic (exact) mass is 582 g/mol. The first-order valence-corrected chi connectivity index (χ1v) is 14.7. The van der Waals surface area contributed by atoms with Crippen LogP contribution in [0.15, 0.2) is 66.9 Å². The number of carbonyl (C=O) groups is 3. The zero-order valence-electron chi connectivity index (χ0n) is 24.2. The molecule has 2 aliphatic rings. The van der Waals surface area contributed by atoms with Crippen molar-refractivity contribution < 1.29 is 23.5 Å². The minimum atomic E-state index is -1.12. The van der Waals surface area contributed by atoms with E-state index in [-0.39, 0.29) is 48.0 Å². The Morgan fingerprint density at radius 1 is 0.953 bits per heavy atom. The summed E-state index contributed by atoms with van der Waals surface area (Å²) >= 11 is 0. The van der Waals surface area contributed by atoms with Crippen molar-refractivity contribution in [1.82, 2.24) is 14.8 Å². The molecule has 0 saturated carbocycles. The van der Waals surface area contributed by atoms with E-state index in [0.29, 0.717) is 67.9 Å². The second kappa shape index (κ2) is 13.7. The highest BCUT2D eigenvalue weighted by Crippen LogP contribution is 2.27. The van der Waals surface area contributed by atoms with Crippen molar-refractivity contribution in [2.75, 3.05) is 33.3 Å². The molecule has 8 nitrogen and oxygen atoms in total. The number of likely N-dealkylation sites (tertiary alicyclic amines) is 2. The predicted octanol–water partition coefficient (Wildman–Crippen LogP) is 5.13. The van der Waals surface area contributed by atoms with Gasteiger partial charge in [0.1, 0.15) is 17.6 Å². The van der Waals surface area contributed by atoms with Gasteiger partial charge in [0.05, 0.1) is 18.7 Å². The van der Waals surface area contributed by atoms with Gasteiger partial charge >= 0.3 is 0 Å². The average Bonchev–Trinajstić information content (AvgIpc) is 3.06. The van der Waals surface area contributed by atoms with Gasteiger partial charge in [-0.25, -0.2) is 4.39 Å². The maximum atomic E-state index is 15.0. The predicted molar refractivity (Wildman–Crippen MR) is 159 cm³/mol. The molecule has 2 aromatic carbocycles. The molecule has 0 unspecified atom stereocenters. The highest BCUT2D eigenvalue weighted by Gasteiger charge is 2.32. The number of hydrogen-bond donors (Lipinski definition) is 0. The molecule has 43 heavy (non-hydrogen) atoms. The second-order valence-electron chi connectivity index (χ2n) is 11.3. The van der Waals surface area contributed by atoms with E-state index in [9.17, 15) is 14.4 Å². The molecule has 2 aliphatic heterocycles. The lowest BCUT2D eigenvalue weighted by atomic mass is 9.88. The molecular weight excluding hydrogens is 547 g/mol. The number of ether oxygens (including phenoxy) is 1. The van der Waals surface area contributed by atoms with Gasteiger partial charge in [0.2, 0.25) is 0 Å². The molecule has 0 radical (unpaired) electrons. The Morgan fingerprint density at radius 3 is 2.26 bits per heavy atom. The molecule has 2 atom stereocenters. The van der Waals surface area contributed by atoms with E-state index in [1.54, 1.807) is 60.5 Å². The van der Waals surface area contributed by atoms with Crippen LogP contribution in [0, 0.1) is 23.2 Å². The van der Waals surface area contributed by atoms with E-state index in [1.807, 2.05) is 17.0 Å². The molecule has 5 rings (SSSR count). The molecule has 222 valence electrons. The van der Waals surface area contributed by atoms with E-state index in [4.69, 9.17) is 10.00 Å². The summed E-state index contributed by atoms with van der Waals surface area (Å²) in [7, 11) is 1.58. The van der Waals surface area contributed by atoms with Gasteiger partial charge in [-0.2, -0.15) is 5.26 Å². The van der Waals surface area contributed by atoms with Gasteiger partial charge in [-0.1, -0.05) is 12.1 Å². The fourth-order valence-electron chi connectivity index (χ4n) is 5.87. The molecule has 3 aromatic rings. The lowest BCUT2D eigenvalue weighted by Crippen LogP contribution is -2.42. The molecule has 9 heteroatoms. The highest BCUT2D eigenvalue weighted by molar-refractivity contribution is 5.99. The fourth-order valence-corrected chi connectivity index (χ4v) is 5.87. The smallest absolute Gasteiger partial charge is 0.272 e. The molecule has 0 spiro atoms. The standard InChI is InChI=1S/C34H35FN4O4/c1-43-29-9-6-25(7-10-29)33(41)26-13-16-39(17-14-26)34(42)31-11-8-28(20-37-31)32(40)18-27-12-15-38(22-30(27)35)21-24-4-2-23(19-36)3-5-24/h2-11,20,26-27,30H,12-18,21-22H2,1H3/t27-,30+/m0/s1. The van der Waals surface area contributed by atoms with Crippen LogP contribution >= 0.6 is 0 Å². The van der Waals surface area contributed by atoms with Crippen molar-refractivity contribution in [3.63, 3.8) is 0 Å². The molecule has 2 fully saturated rings. The summed E-state index contributed by atoms with van der Waals surface area (Å²) in [5.74, 6) is -0.157. The summed E-state index contributed by atoms with van der Waals surface area (Å²) in [5.41, 5.74) is 2.87. The van der Waals surface area contributed by atoms with Crippen LogP contribution in [0.25, 0.3) is 0 Å². The minimum Gasteiger partial charge on any atom is -0.497 e. The molecule has 0 bridgehead atoms. The zero-order chi connectivity index (χ0) is 30.3. The van der Waals surface area contributed by atoms with Crippen LogP contribution in [0.1, 0.15) is 68.0 Å². The third kappa shape index (κ3) is 7.33. The van der Waals surface area contributed by atoms with Crippen molar-refractivity contribution in [3.05, 3.63) is 94.8 Å². The number of amides is 1. The van der Waals surface area contributed by atoms with Gasteiger partial charge in [-0.15, -0.1) is 0 Å².